The number of rotatable bonds is 7. The van der Waals surface area contributed by atoms with Crippen molar-refractivity contribution in [1.29, 1.82) is 0 Å². The van der Waals surface area contributed by atoms with Crippen LogP contribution >= 0.6 is 0 Å². The number of para-hydroxylation sites is 4. The third kappa shape index (κ3) is 6.92. The second-order valence-electron chi connectivity index (χ2n) is 22.2. The lowest BCUT2D eigenvalue weighted by molar-refractivity contribution is 0.436. The van der Waals surface area contributed by atoms with Crippen molar-refractivity contribution in [1.82, 2.24) is 0 Å². The van der Waals surface area contributed by atoms with Gasteiger partial charge in [-0.2, -0.15) is 0 Å². The van der Waals surface area contributed by atoms with Crippen LogP contribution in [-0.4, -0.2) is 0 Å². The quantitative estimate of drug-likeness (QED) is 0.159. The standard InChI is InChI=1S/C80H51NO2/c1-2-19-52(20-3-1)55-21-16-22-56(49-55)53-39-44-59(45-40-53)81(60-46-41-54(42-47-60)57-43-48-64-63-25-4-6-28-66(63)80(73(64)51-57)70-32-10-14-37-76(70)83-77-38-15-11-33-71(77)80)61-24-17-23-58(50-61)62-27-18-34-72-78(62)65-26-5-7-29-67(65)79(72)68-30-8-12-35-74(68)82-75-36-13-9-31-69(75)79/h1-51H. The minimum Gasteiger partial charge on any atom is -0.457 e. The normalized spacial score (nSPS) is 13.7. The Bertz CT molecular complexity index is 4660. The molecule has 4 aliphatic rings. The van der Waals surface area contributed by atoms with Crippen molar-refractivity contribution in [2.75, 3.05) is 4.90 Å². The van der Waals surface area contributed by atoms with Crippen molar-refractivity contribution in [3.8, 4) is 89.8 Å². The smallest absolute Gasteiger partial charge is 0.132 e. The lowest BCUT2D eigenvalue weighted by Gasteiger charge is -2.39. The summed E-state index contributed by atoms with van der Waals surface area (Å²) in [6.07, 6.45) is 0. The van der Waals surface area contributed by atoms with Gasteiger partial charge in [0.25, 0.3) is 0 Å². The minimum absolute atomic E-state index is 0.550. The Kier molecular flexibility index (Phi) is 10.4. The van der Waals surface area contributed by atoms with E-state index in [2.05, 4.69) is 314 Å². The van der Waals surface area contributed by atoms with Crippen molar-refractivity contribution in [2.45, 2.75) is 10.8 Å². The van der Waals surface area contributed by atoms with Gasteiger partial charge in [0, 0.05) is 39.3 Å². The first-order valence-corrected chi connectivity index (χ1v) is 28.6. The molecule has 3 nitrogen and oxygen atoms in total. The van der Waals surface area contributed by atoms with E-state index in [1.807, 2.05) is 0 Å². The van der Waals surface area contributed by atoms with Gasteiger partial charge in [0.05, 0.1) is 10.8 Å². The molecule has 2 heterocycles. The van der Waals surface area contributed by atoms with E-state index in [1.54, 1.807) is 0 Å². The van der Waals surface area contributed by atoms with E-state index in [-0.39, 0.29) is 0 Å². The van der Waals surface area contributed by atoms with Crippen LogP contribution in [0.5, 0.6) is 23.0 Å². The zero-order valence-electron chi connectivity index (χ0n) is 45.2. The Labute approximate surface area is 483 Å². The third-order valence-corrected chi connectivity index (χ3v) is 18.0. The molecule has 0 bridgehead atoms. The summed E-state index contributed by atoms with van der Waals surface area (Å²) in [4.78, 5) is 2.41. The van der Waals surface area contributed by atoms with Crippen LogP contribution in [0.2, 0.25) is 0 Å². The maximum Gasteiger partial charge on any atom is 0.132 e. The summed E-state index contributed by atoms with van der Waals surface area (Å²) in [5.41, 5.74) is 26.1. The van der Waals surface area contributed by atoms with E-state index in [9.17, 15) is 0 Å². The van der Waals surface area contributed by atoms with Gasteiger partial charge in [0.1, 0.15) is 23.0 Å². The van der Waals surface area contributed by atoms with E-state index in [0.717, 1.165) is 84.6 Å². The summed E-state index contributed by atoms with van der Waals surface area (Å²) in [6, 6.07) is 113. The predicted octanol–water partition coefficient (Wildman–Crippen LogP) is 20.8. The monoisotopic (exact) mass is 1060 g/mol. The van der Waals surface area contributed by atoms with Crippen molar-refractivity contribution in [2.24, 2.45) is 0 Å². The Morgan fingerprint density at radius 3 is 1.16 bits per heavy atom. The number of ether oxygens (including phenoxy) is 2. The van der Waals surface area contributed by atoms with E-state index in [1.165, 1.54) is 66.8 Å². The van der Waals surface area contributed by atoms with Gasteiger partial charge in [0.2, 0.25) is 0 Å². The molecule has 0 saturated heterocycles. The SMILES string of the molecule is c1ccc(-c2cccc(-c3ccc(N(c4ccc(-c5ccc6c(c5)C5(c7ccccc7Oc7ccccc75)c5ccccc5-6)cc4)c4cccc(-c5cccc6c5-c5ccccc5C65c6ccccc6Oc6ccccc65)c4)cc3)c2)cc1. The molecule has 13 aromatic rings. The molecule has 0 aromatic heterocycles. The van der Waals surface area contributed by atoms with Crippen molar-refractivity contribution in [3.63, 3.8) is 0 Å². The molecule has 0 N–H and O–H groups in total. The summed E-state index contributed by atoms with van der Waals surface area (Å²) < 4.78 is 13.4. The van der Waals surface area contributed by atoms with Gasteiger partial charge < -0.3 is 14.4 Å². The summed E-state index contributed by atoms with van der Waals surface area (Å²) in [5, 5.41) is 0. The molecule has 0 saturated carbocycles. The fourth-order valence-corrected chi connectivity index (χ4v) is 14.6. The van der Waals surface area contributed by atoms with Crippen LogP contribution in [0.3, 0.4) is 0 Å². The Morgan fingerprint density at radius 1 is 0.205 bits per heavy atom. The average Bonchev–Trinajstić information content (AvgIpc) is 1.96. The first kappa shape index (κ1) is 47.1. The minimum atomic E-state index is -0.565. The molecule has 0 atom stereocenters. The van der Waals surface area contributed by atoms with Gasteiger partial charge in [0.15, 0.2) is 0 Å². The molecule has 83 heavy (non-hydrogen) atoms. The molecule has 0 fully saturated rings. The highest BCUT2D eigenvalue weighted by Crippen LogP contribution is 2.65. The summed E-state index contributed by atoms with van der Waals surface area (Å²) in [6.45, 7) is 0. The van der Waals surface area contributed by atoms with Crippen LogP contribution in [-0.2, 0) is 10.8 Å². The number of fused-ring (bicyclic) bond motifs is 18. The van der Waals surface area contributed by atoms with Crippen LogP contribution < -0.4 is 14.4 Å². The molecule has 0 unspecified atom stereocenters. The van der Waals surface area contributed by atoms with Crippen molar-refractivity contribution in [3.05, 3.63) is 354 Å². The van der Waals surface area contributed by atoms with Crippen LogP contribution in [0.4, 0.5) is 17.1 Å². The highest BCUT2D eigenvalue weighted by Gasteiger charge is 2.53. The van der Waals surface area contributed by atoms with Crippen LogP contribution in [0, 0.1) is 0 Å². The first-order valence-electron chi connectivity index (χ1n) is 28.6. The van der Waals surface area contributed by atoms with Gasteiger partial charge in [-0.3, -0.25) is 0 Å². The molecule has 388 valence electrons. The number of hydrogen-bond donors (Lipinski definition) is 0. The molecule has 13 aromatic carbocycles. The lowest BCUT2D eigenvalue weighted by Crippen LogP contribution is -2.32. The molecule has 3 heteroatoms. The highest BCUT2D eigenvalue weighted by atomic mass is 16.5. The molecule has 0 amide bonds. The lowest BCUT2D eigenvalue weighted by atomic mass is 9.66. The predicted molar refractivity (Wildman–Crippen MR) is 338 cm³/mol. The van der Waals surface area contributed by atoms with Gasteiger partial charge in [-0.15, -0.1) is 0 Å². The zero-order valence-corrected chi connectivity index (χ0v) is 45.2. The molecule has 2 aliphatic carbocycles. The molecule has 2 aliphatic heterocycles. The first-order chi connectivity index (χ1) is 41.1. The van der Waals surface area contributed by atoms with E-state index in [0.29, 0.717) is 0 Å². The molecule has 17 rings (SSSR count). The molecule has 2 spiro atoms. The fourth-order valence-electron chi connectivity index (χ4n) is 14.6. The van der Waals surface area contributed by atoms with E-state index >= 15 is 0 Å². The Morgan fingerprint density at radius 2 is 0.578 bits per heavy atom. The zero-order chi connectivity index (χ0) is 54.6. The molecule has 0 radical (unpaired) electrons. The molecular weight excluding hydrogens is 1010 g/mol. The number of benzene rings is 13. The van der Waals surface area contributed by atoms with Gasteiger partial charge in [-0.1, -0.05) is 237 Å². The van der Waals surface area contributed by atoms with Gasteiger partial charge in [-0.25, -0.2) is 0 Å². The topological polar surface area (TPSA) is 21.7 Å². The van der Waals surface area contributed by atoms with Crippen LogP contribution in [0.1, 0.15) is 44.5 Å². The fraction of sp³-hybridized carbons (Fsp3) is 0.0250. The Hall–Kier alpha value is -10.7. The number of hydrogen-bond acceptors (Lipinski definition) is 3. The maximum absolute atomic E-state index is 6.69. The number of nitrogens with zero attached hydrogens (tertiary/aromatic N) is 1. The van der Waals surface area contributed by atoms with Crippen LogP contribution in [0.25, 0.3) is 66.8 Å². The highest BCUT2D eigenvalue weighted by molar-refractivity contribution is 5.98. The summed E-state index contributed by atoms with van der Waals surface area (Å²) >= 11 is 0. The van der Waals surface area contributed by atoms with E-state index in [4.69, 9.17) is 9.47 Å². The van der Waals surface area contributed by atoms with Crippen molar-refractivity contribution < 1.29 is 9.47 Å². The second-order valence-corrected chi connectivity index (χ2v) is 22.2. The molecular formula is C80H51NO2. The van der Waals surface area contributed by atoms with Gasteiger partial charge in [-0.05, 0) is 162 Å². The average molecular weight is 1060 g/mol. The summed E-state index contributed by atoms with van der Waals surface area (Å²) in [7, 11) is 0. The second kappa shape index (κ2) is 18.4. The Balaban J connectivity index is 0.806. The van der Waals surface area contributed by atoms with Crippen LogP contribution in [0.15, 0.2) is 309 Å². The van der Waals surface area contributed by atoms with Gasteiger partial charge >= 0.3 is 0 Å². The third-order valence-electron chi connectivity index (χ3n) is 18.0. The largest absolute Gasteiger partial charge is 0.457 e. The maximum atomic E-state index is 6.69. The van der Waals surface area contributed by atoms with E-state index < -0.39 is 10.8 Å². The summed E-state index contributed by atoms with van der Waals surface area (Å²) in [5.74, 6) is 3.56. The van der Waals surface area contributed by atoms with Crippen molar-refractivity contribution >= 4 is 17.1 Å². The number of anilines is 3.